The number of hydrogen-bond donors (Lipinski definition) is 4. The Morgan fingerprint density at radius 3 is 2.56 bits per heavy atom. The number of aromatic amines is 1. The van der Waals surface area contributed by atoms with Crippen molar-refractivity contribution in [3.8, 4) is 0 Å². The molecule has 32 heavy (non-hydrogen) atoms. The fourth-order valence-corrected chi connectivity index (χ4v) is 3.72. The van der Waals surface area contributed by atoms with E-state index < -0.39 is 5.92 Å². The molecule has 5 N–H and O–H groups in total. The smallest absolute Gasteiger partial charge is 0.256 e. The number of amides is 2. The van der Waals surface area contributed by atoms with E-state index >= 15 is 0 Å². The number of rotatable bonds is 7. The van der Waals surface area contributed by atoms with Gasteiger partial charge in [-0.1, -0.05) is 41.9 Å². The molecule has 0 spiro atoms. The summed E-state index contributed by atoms with van der Waals surface area (Å²) in [6, 6.07) is 21.4. The van der Waals surface area contributed by atoms with Crippen molar-refractivity contribution in [1.82, 2.24) is 10.2 Å². The number of carbonyl (C=O) groups is 2. The molecule has 0 aliphatic carbocycles. The zero-order chi connectivity index (χ0) is 22.5. The van der Waals surface area contributed by atoms with Gasteiger partial charge in [0.1, 0.15) is 0 Å². The lowest BCUT2D eigenvalue weighted by atomic mass is 9.94. The standard InChI is InChI=1S/C24H22ClN5O2/c25-17-8-4-7-16(13-17)19(11-12-26)24(32)27-18-9-10-21-20(14-18)22(30-29-21)28-23(31)15-5-2-1-3-6-15/h1-10,13-14,19H,11-12,26H2,(H,27,32)(H2,28,29,30,31). The predicted octanol–water partition coefficient (Wildman–Crippen LogP) is 4.54. The van der Waals surface area contributed by atoms with Gasteiger partial charge in [-0.25, -0.2) is 0 Å². The number of H-pyrrole nitrogens is 1. The molecule has 3 aromatic carbocycles. The van der Waals surface area contributed by atoms with Crippen molar-refractivity contribution >= 4 is 45.8 Å². The molecule has 4 rings (SSSR count). The summed E-state index contributed by atoms with van der Waals surface area (Å²) in [6.07, 6.45) is 0.485. The number of nitrogens with one attached hydrogen (secondary N) is 3. The van der Waals surface area contributed by atoms with Crippen LogP contribution in [0.3, 0.4) is 0 Å². The van der Waals surface area contributed by atoms with Gasteiger partial charge in [-0.3, -0.25) is 14.7 Å². The van der Waals surface area contributed by atoms with E-state index in [9.17, 15) is 9.59 Å². The number of aromatic nitrogens is 2. The first kappa shape index (κ1) is 21.5. The summed E-state index contributed by atoms with van der Waals surface area (Å²) < 4.78 is 0. The normalized spacial score (nSPS) is 11.8. The third kappa shape index (κ3) is 4.80. The molecule has 8 heteroatoms. The molecule has 162 valence electrons. The number of hydrogen-bond acceptors (Lipinski definition) is 4. The van der Waals surface area contributed by atoms with E-state index in [4.69, 9.17) is 17.3 Å². The zero-order valence-corrected chi connectivity index (χ0v) is 17.9. The summed E-state index contributed by atoms with van der Waals surface area (Å²) in [7, 11) is 0. The monoisotopic (exact) mass is 447 g/mol. The van der Waals surface area contributed by atoms with Crippen LogP contribution in [0.15, 0.2) is 72.8 Å². The van der Waals surface area contributed by atoms with Crippen LogP contribution in [0, 0.1) is 0 Å². The van der Waals surface area contributed by atoms with Crippen molar-refractivity contribution in [2.45, 2.75) is 12.3 Å². The SMILES string of the molecule is NCCC(C(=O)Nc1ccc2[nH]nc(NC(=O)c3ccccc3)c2c1)c1cccc(Cl)c1. The highest BCUT2D eigenvalue weighted by molar-refractivity contribution is 6.30. The summed E-state index contributed by atoms with van der Waals surface area (Å²) in [6.45, 7) is 0.362. The molecule has 0 fully saturated rings. The van der Waals surface area contributed by atoms with Crippen molar-refractivity contribution < 1.29 is 9.59 Å². The minimum Gasteiger partial charge on any atom is -0.330 e. The first-order valence-electron chi connectivity index (χ1n) is 10.2. The van der Waals surface area contributed by atoms with Gasteiger partial charge in [-0.05, 0) is 61.0 Å². The van der Waals surface area contributed by atoms with Gasteiger partial charge < -0.3 is 16.4 Å². The van der Waals surface area contributed by atoms with Crippen LogP contribution in [0.1, 0.15) is 28.3 Å². The maximum atomic E-state index is 13.0. The van der Waals surface area contributed by atoms with E-state index in [1.165, 1.54) is 0 Å². The highest BCUT2D eigenvalue weighted by Crippen LogP contribution is 2.27. The average Bonchev–Trinajstić information content (AvgIpc) is 3.20. The molecular weight excluding hydrogens is 426 g/mol. The van der Waals surface area contributed by atoms with Crippen molar-refractivity contribution in [2.75, 3.05) is 17.2 Å². The molecule has 0 aliphatic rings. The van der Waals surface area contributed by atoms with Crippen LogP contribution in [0.5, 0.6) is 0 Å². The van der Waals surface area contributed by atoms with Crippen molar-refractivity contribution in [1.29, 1.82) is 0 Å². The minimum absolute atomic E-state index is 0.185. The summed E-state index contributed by atoms with van der Waals surface area (Å²) in [5.74, 6) is -0.498. The van der Waals surface area contributed by atoms with Gasteiger partial charge in [0.25, 0.3) is 5.91 Å². The van der Waals surface area contributed by atoms with Crippen molar-refractivity contribution in [2.24, 2.45) is 5.73 Å². The molecule has 7 nitrogen and oxygen atoms in total. The molecule has 0 saturated heterocycles. The Hall–Kier alpha value is -3.68. The number of halogens is 1. The fourth-order valence-electron chi connectivity index (χ4n) is 3.52. The quantitative estimate of drug-likeness (QED) is 0.333. The molecule has 2 amide bonds. The van der Waals surface area contributed by atoms with Crippen LogP contribution in [-0.4, -0.2) is 28.6 Å². The summed E-state index contributed by atoms with van der Waals surface area (Å²) in [4.78, 5) is 25.5. The highest BCUT2D eigenvalue weighted by atomic mass is 35.5. The Balaban J connectivity index is 1.56. The first-order valence-corrected chi connectivity index (χ1v) is 10.5. The number of nitrogens with two attached hydrogens (primary N) is 1. The van der Waals surface area contributed by atoms with Crippen LogP contribution in [0.4, 0.5) is 11.5 Å². The minimum atomic E-state index is -0.434. The summed E-state index contributed by atoms with van der Waals surface area (Å²) >= 11 is 6.10. The molecule has 0 aliphatic heterocycles. The third-order valence-corrected chi connectivity index (χ3v) is 5.36. The van der Waals surface area contributed by atoms with Crippen LogP contribution in [0.25, 0.3) is 10.9 Å². The van der Waals surface area contributed by atoms with Crippen molar-refractivity contribution in [3.05, 3.63) is 88.9 Å². The van der Waals surface area contributed by atoms with E-state index in [0.29, 0.717) is 40.4 Å². The average molecular weight is 448 g/mol. The van der Waals surface area contributed by atoms with E-state index in [1.807, 2.05) is 18.2 Å². The topological polar surface area (TPSA) is 113 Å². The molecule has 1 atom stereocenters. The third-order valence-electron chi connectivity index (χ3n) is 5.12. The largest absolute Gasteiger partial charge is 0.330 e. The van der Waals surface area contributed by atoms with Crippen LogP contribution in [0.2, 0.25) is 5.02 Å². The molecule has 4 aromatic rings. The van der Waals surface area contributed by atoms with Gasteiger partial charge in [0.15, 0.2) is 5.82 Å². The molecule has 0 saturated carbocycles. The second-order valence-corrected chi connectivity index (χ2v) is 7.76. The number of benzene rings is 3. The van der Waals surface area contributed by atoms with Gasteiger partial charge in [0.2, 0.25) is 5.91 Å². The number of nitrogens with zero attached hydrogens (tertiary/aromatic N) is 1. The summed E-state index contributed by atoms with van der Waals surface area (Å²) in [5, 5.41) is 14.1. The van der Waals surface area contributed by atoms with Gasteiger partial charge in [0, 0.05) is 21.7 Å². The molecule has 1 aromatic heterocycles. The Morgan fingerprint density at radius 1 is 1.00 bits per heavy atom. The Morgan fingerprint density at radius 2 is 1.81 bits per heavy atom. The molecule has 0 radical (unpaired) electrons. The zero-order valence-electron chi connectivity index (χ0n) is 17.1. The number of fused-ring (bicyclic) bond motifs is 1. The molecule has 1 heterocycles. The van der Waals surface area contributed by atoms with E-state index in [-0.39, 0.29) is 11.8 Å². The lowest BCUT2D eigenvalue weighted by Crippen LogP contribution is -2.23. The highest BCUT2D eigenvalue weighted by Gasteiger charge is 2.21. The van der Waals surface area contributed by atoms with E-state index in [1.54, 1.807) is 54.6 Å². The maximum absolute atomic E-state index is 13.0. The predicted molar refractivity (Wildman–Crippen MR) is 127 cm³/mol. The second kappa shape index (κ2) is 9.64. The Bertz CT molecular complexity index is 1260. The van der Waals surface area contributed by atoms with Crippen LogP contribution < -0.4 is 16.4 Å². The lowest BCUT2D eigenvalue weighted by molar-refractivity contribution is -0.117. The van der Waals surface area contributed by atoms with Gasteiger partial charge in [0.05, 0.1) is 11.4 Å². The Labute approximate surface area is 190 Å². The Kier molecular flexibility index (Phi) is 6.49. The van der Waals surface area contributed by atoms with Crippen molar-refractivity contribution in [3.63, 3.8) is 0 Å². The van der Waals surface area contributed by atoms with Gasteiger partial charge in [-0.15, -0.1) is 0 Å². The van der Waals surface area contributed by atoms with Gasteiger partial charge in [-0.2, -0.15) is 5.10 Å². The first-order chi connectivity index (χ1) is 15.5. The second-order valence-electron chi connectivity index (χ2n) is 7.33. The number of anilines is 2. The summed E-state index contributed by atoms with van der Waals surface area (Å²) in [5.41, 5.74) is 8.40. The molecular formula is C24H22ClN5O2. The number of carbonyl (C=O) groups excluding carboxylic acids is 2. The van der Waals surface area contributed by atoms with Crippen LogP contribution >= 0.6 is 11.6 Å². The van der Waals surface area contributed by atoms with Gasteiger partial charge >= 0.3 is 0 Å². The maximum Gasteiger partial charge on any atom is 0.256 e. The fraction of sp³-hybridized carbons (Fsp3) is 0.125. The van der Waals surface area contributed by atoms with Crippen LogP contribution in [-0.2, 0) is 4.79 Å². The molecule has 1 unspecified atom stereocenters. The molecule has 0 bridgehead atoms. The lowest BCUT2D eigenvalue weighted by Gasteiger charge is -2.17. The van der Waals surface area contributed by atoms with E-state index in [2.05, 4.69) is 20.8 Å². The van der Waals surface area contributed by atoms with E-state index in [0.717, 1.165) is 11.1 Å².